The Morgan fingerprint density at radius 1 is 1.23 bits per heavy atom. The van der Waals surface area contributed by atoms with Crippen LogP contribution in [0.1, 0.15) is 44.2 Å². The fourth-order valence-electron chi connectivity index (χ4n) is 3.19. The van der Waals surface area contributed by atoms with Gasteiger partial charge in [0.05, 0.1) is 25.4 Å². The Kier molecular flexibility index (Phi) is 7.98. The van der Waals surface area contributed by atoms with Crippen LogP contribution in [-0.4, -0.2) is 57.2 Å². The van der Waals surface area contributed by atoms with Gasteiger partial charge in [0.2, 0.25) is 21.8 Å². The molecule has 2 amide bonds. The van der Waals surface area contributed by atoms with Crippen molar-refractivity contribution in [2.24, 2.45) is 5.92 Å². The fraction of sp³-hybridized carbons (Fsp3) is 0.600. The van der Waals surface area contributed by atoms with Gasteiger partial charge in [0.1, 0.15) is 0 Å². The summed E-state index contributed by atoms with van der Waals surface area (Å²) in [7, 11) is -3.53. The van der Waals surface area contributed by atoms with Gasteiger partial charge in [0, 0.05) is 12.6 Å². The molecule has 172 valence electrons. The van der Waals surface area contributed by atoms with Gasteiger partial charge in [-0.3, -0.25) is 20.3 Å². The molecule has 2 fully saturated rings. The number of amides is 2. The number of hydrazine groups is 1. The summed E-state index contributed by atoms with van der Waals surface area (Å²) in [5.41, 5.74) is 3.59. The summed E-state index contributed by atoms with van der Waals surface area (Å²) in [6.45, 7) is 2.78. The molecule has 1 saturated carbocycles. The minimum absolute atomic E-state index is 0.0648. The van der Waals surface area contributed by atoms with Crippen LogP contribution in [-0.2, 0) is 19.6 Å². The monoisotopic (exact) mass is 456 g/mol. The van der Waals surface area contributed by atoms with Crippen LogP contribution in [0.3, 0.4) is 0 Å². The van der Waals surface area contributed by atoms with E-state index in [1.165, 1.54) is 11.1 Å². The third-order valence-electron chi connectivity index (χ3n) is 5.11. The van der Waals surface area contributed by atoms with Gasteiger partial charge in [0.15, 0.2) is 11.6 Å². The second-order valence-electron chi connectivity index (χ2n) is 8.05. The number of nitrogens with zero attached hydrogens (tertiary/aromatic N) is 1. The number of hydrogen-bond acceptors (Lipinski definition) is 7. The lowest BCUT2D eigenvalue weighted by atomic mass is 10.1. The average molecular weight is 457 g/mol. The summed E-state index contributed by atoms with van der Waals surface area (Å²) >= 11 is 0. The highest BCUT2D eigenvalue weighted by atomic mass is 32.2. The summed E-state index contributed by atoms with van der Waals surface area (Å²) in [4.78, 5) is 22.6. The quantitative estimate of drug-likeness (QED) is 0.315. The Morgan fingerprint density at radius 3 is 2.61 bits per heavy atom. The molecule has 0 radical (unpaired) electrons. The van der Waals surface area contributed by atoms with Gasteiger partial charge < -0.3 is 4.74 Å². The van der Waals surface area contributed by atoms with Crippen molar-refractivity contribution in [3.05, 3.63) is 29.6 Å². The van der Waals surface area contributed by atoms with Crippen molar-refractivity contribution in [2.75, 3.05) is 32.0 Å². The number of hydrogen-bond donors (Lipinski definition) is 3. The van der Waals surface area contributed by atoms with Gasteiger partial charge in [-0.05, 0) is 56.2 Å². The molecule has 2 aliphatic rings. The second kappa shape index (κ2) is 10.5. The number of nitrogens with one attached hydrogen (secondary N) is 3. The van der Waals surface area contributed by atoms with Crippen LogP contribution in [0, 0.1) is 11.7 Å². The first-order chi connectivity index (χ1) is 14.7. The summed E-state index contributed by atoms with van der Waals surface area (Å²) in [6, 6.07) is 3.86. The van der Waals surface area contributed by atoms with Crippen molar-refractivity contribution in [2.45, 2.75) is 38.6 Å². The van der Waals surface area contributed by atoms with E-state index in [9.17, 15) is 22.4 Å². The van der Waals surface area contributed by atoms with Crippen molar-refractivity contribution in [3.8, 4) is 5.75 Å². The van der Waals surface area contributed by atoms with E-state index in [-0.39, 0.29) is 36.4 Å². The molecule has 11 heteroatoms. The smallest absolute Gasteiger partial charge is 0.242 e. The highest BCUT2D eigenvalue weighted by molar-refractivity contribution is 7.89. The maximum atomic E-state index is 13.9. The fourth-order valence-corrected chi connectivity index (χ4v) is 4.57. The Balaban J connectivity index is 1.40. The number of benzene rings is 1. The summed E-state index contributed by atoms with van der Waals surface area (Å²) in [5, 5.41) is 3.72. The van der Waals surface area contributed by atoms with Gasteiger partial charge in [-0.15, -0.1) is 0 Å². The molecule has 1 aliphatic heterocycles. The molecule has 0 spiro atoms. The first-order valence-corrected chi connectivity index (χ1v) is 12.1. The molecule has 1 atom stereocenters. The van der Waals surface area contributed by atoms with Crippen molar-refractivity contribution in [1.82, 2.24) is 20.5 Å². The predicted octanol–water partition coefficient (Wildman–Crippen LogP) is 0.838. The summed E-state index contributed by atoms with van der Waals surface area (Å²) in [5.74, 6) is -0.630. The highest BCUT2D eigenvalue weighted by Crippen LogP contribution is 2.31. The molecule has 1 aromatic carbocycles. The van der Waals surface area contributed by atoms with Gasteiger partial charge in [-0.25, -0.2) is 22.5 Å². The SMILES string of the molecule is C[C@@H](NS(=O)(=O)CCCCNN1CC(=O)NC(=O)C1)c1ccc(F)c(OCC2CC2)c1. The number of ether oxygens (including phenoxy) is 1. The number of unbranched alkanes of at least 4 members (excludes halogenated alkanes) is 1. The molecule has 3 rings (SSSR count). The average Bonchev–Trinajstić information content (AvgIpc) is 3.50. The van der Waals surface area contributed by atoms with Crippen molar-refractivity contribution in [1.29, 1.82) is 0 Å². The van der Waals surface area contributed by atoms with Crippen LogP contribution >= 0.6 is 0 Å². The summed E-state index contributed by atoms with van der Waals surface area (Å²) < 4.78 is 46.9. The maximum absolute atomic E-state index is 13.9. The minimum atomic E-state index is -3.53. The van der Waals surface area contributed by atoms with Crippen molar-refractivity contribution < 1.29 is 27.1 Å². The maximum Gasteiger partial charge on any atom is 0.242 e. The first-order valence-electron chi connectivity index (χ1n) is 10.5. The van der Waals surface area contributed by atoms with Gasteiger partial charge >= 0.3 is 0 Å². The van der Waals surface area contributed by atoms with Crippen LogP contribution in [0.4, 0.5) is 4.39 Å². The van der Waals surface area contributed by atoms with Crippen molar-refractivity contribution >= 4 is 21.8 Å². The second-order valence-corrected chi connectivity index (χ2v) is 9.92. The minimum Gasteiger partial charge on any atom is -0.490 e. The largest absolute Gasteiger partial charge is 0.490 e. The zero-order valence-corrected chi connectivity index (χ0v) is 18.3. The number of rotatable bonds is 12. The van der Waals surface area contributed by atoms with Gasteiger partial charge in [-0.1, -0.05) is 6.07 Å². The van der Waals surface area contributed by atoms with Crippen LogP contribution in [0.25, 0.3) is 0 Å². The molecule has 1 aliphatic carbocycles. The molecular weight excluding hydrogens is 427 g/mol. The van der Waals surface area contributed by atoms with Crippen molar-refractivity contribution in [3.63, 3.8) is 0 Å². The lowest BCUT2D eigenvalue weighted by molar-refractivity contribution is -0.137. The lowest BCUT2D eigenvalue weighted by Crippen LogP contribution is -2.56. The highest BCUT2D eigenvalue weighted by Gasteiger charge is 2.24. The van der Waals surface area contributed by atoms with Gasteiger partial charge in [0.25, 0.3) is 0 Å². The van der Waals surface area contributed by atoms with Crippen LogP contribution in [0.15, 0.2) is 18.2 Å². The van der Waals surface area contributed by atoms with E-state index in [1.54, 1.807) is 19.1 Å². The Morgan fingerprint density at radius 2 is 1.94 bits per heavy atom. The molecule has 1 saturated heterocycles. The number of piperazine rings is 1. The van der Waals surface area contributed by atoms with E-state index in [0.717, 1.165) is 12.8 Å². The molecule has 0 bridgehead atoms. The van der Waals surface area contributed by atoms with E-state index >= 15 is 0 Å². The number of imide groups is 1. The molecule has 1 heterocycles. The number of sulfonamides is 1. The Bertz CT molecular complexity index is 891. The van der Waals surface area contributed by atoms with Crippen LogP contribution in [0.2, 0.25) is 0 Å². The van der Waals surface area contributed by atoms with Crippen LogP contribution < -0.4 is 20.2 Å². The standard InChI is InChI=1S/C20H29FN4O5S/c1-14(16-6-7-17(21)18(10-16)30-13-15-4-5-15)24-31(28,29)9-3-2-8-22-25-11-19(26)23-20(27)12-25/h6-7,10,14-15,22,24H,2-5,8-9,11-13H2,1H3,(H,23,26,27)/t14-/m1/s1. The molecule has 1 aromatic rings. The molecule has 9 nitrogen and oxygen atoms in total. The third kappa shape index (κ3) is 7.84. The number of halogens is 1. The topological polar surface area (TPSA) is 117 Å². The lowest BCUT2D eigenvalue weighted by Gasteiger charge is -2.25. The van der Waals surface area contributed by atoms with Gasteiger partial charge in [-0.2, -0.15) is 0 Å². The van der Waals surface area contributed by atoms with Crippen LogP contribution in [0.5, 0.6) is 5.75 Å². The van der Waals surface area contributed by atoms with E-state index in [2.05, 4.69) is 15.5 Å². The normalized spacial score (nSPS) is 18.6. The Labute approximate surface area is 181 Å². The van der Waals surface area contributed by atoms with E-state index in [4.69, 9.17) is 4.74 Å². The molecule has 3 N–H and O–H groups in total. The first kappa shape index (κ1) is 23.6. The van der Waals surface area contributed by atoms with E-state index < -0.39 is 21.9 Å². The summed E-state index contributed by atoms with van der Waals surface area (Å²) in [6.07, 6.45) is 3.15. The number of carbonyl (C=O) groups is 2. The molecule has 0 unspecified atom stereocenters. The predicted molar refractivity (Wildman–Crippen MR) is 112 cm³/mol. The molecular formula is C20H29FN4O5S. The zero-order chi connectivity index (χ0) is 22.4. The number of carbonyl (C=O) groups excluding carboxylic acids is 2. The molecule has 31 heavy (non-hydrogen) atoms. The molecule has 0 aromatic heterocycles. The Hall–Kier alpha value is -2.08. The van der Waals surface area contributed by atoms with E-state index in [0.29, 0.717) is 37.5 Å². The zero-order valence-electron chi connectivity index (χ0n) is 17.5. The third-order valence-corrected chi connectivity index (χ3v) is 6.64. The van der Waals surface area contributed by atoms with E-state index in [1.807, 2.05) is 0 Å².